The largest absolute Gasteiger partial charge is 0.355 e. The first kappa shape index (κ1) is 16.9. The molecule has 6 nitrogen and oxygen atoms in total. The van der Waals surface area contributed by atoms with Gasteiger partial charge >= 0.3 is 0 Å². The van der Waals surface area contributed by atoms with Crippen LogP contribution in [0.15, 0.2) is 35.2 Å². The molecule has 1 saturated heterocycles. The summed E-state index contributed by atoms with van der Waals surface area (Å²) in [5, 5.41) is 2.82. The van der Waals surface area contributed by atoms with Crippen molar-refractivity contribution in [3.8, 4) is 0 Å². The van der Waals surface area contributed by atoms with Gasteiger partial charge in [-0.25, -0.2) is 8.42 Å². The minimum atomic E-state index is -3.55. The van der Waals surface area contributed by atoms with Crippen LogP contribution in [0.25, 0.3) is 0 Å². The summed E-state index contributed by atoms with van der Waals surface area (Å²) in [5.41, 5.74) is 0. The highest BCUT2D eigenvalue weighted by atomic mass is 32.2. The maximum Gasteiger partial charge on any atom is 0.243 e. The molecule has 1 heterocycles. The van der Waals surface area contributed by atoms with E-state index in [9.17, 15) is 13.2 Å². The second kappa shape index (κ2) is 7.71. The fraction of sp³-hybridized carbons (Fsp3) is 0.533. The Labute approximate surface area is 132 Å². The zero-order valence-corrected chi connectivity index (χ0v) is 13.7. The van der Waals surface area contributed by atoms with Gasteiger partial charge in [0.2, 0.25) is 15.9 Å². The van der Waals surface area contributed by atoms with Crippen molar-refractivity contribution in [2.75, 3.05) is 39.8 Å². The number of likely N-dealkylation sites (N-methyl/N-ethyl adjacent to an activating group) is 1. The van der Waals surface area contributed by atoms with E-state index in [1.165, 1.54) is 4.31 Å². The SMILES string of the molecule is CN1CCCN(S(=O)(=O)c2ccccc2)CCC(=O)NCC1. The molecule has 1 aromatic carbocycles. The molecule has 0 atom stereocenters. The summed E-state index contributed by atoms with van der Waals surface area (Å²) in [7, 11) is -1.58. The Balaban J connectivity index is 2.16. The third-order valence-electron chi connectivity index (χ3n) is 3.73. The van der Waals surface area contributed by atoms with E-state index in [2.05, 4.69) is 10.2 Å². The van der Waals surface area contributed by atoms with E-state index in [0.29, 0.717) is 13.1 Å². The van der Waals surface area contributed by atoms with Crippen LogP contribution in [0.4, 0.5) is 0 Å². The fourth-order valence-corrected chi connectivity index (χ4v) is 3.92. The minimum Gasteiger partial charge on any atom is -0.355 e. The molecular formula is C15H23N3O3S. The van der Waals surface area contributed by atoms with E-state index in [-0.39, 0.29) is 23.8 Å². The molecule has 0 saturated carbocycles. The highest BCUT2D eigenvalue weighted by Gasteiger charge is 2.24. The quantitative estimate of drug-likeness (QED) is 0.861. The van der Waals surface area contributed by atoms with E-state index >= 15 is 0 Å². The summed E-state index contributed by atoms with van der Waals surface area (Å²) in [4.78, 5) is 14.2. The van der Waals surface area contributed by atoms with E-state index in [1.807, 2.05) is 7.05 Å². The second-order valence-corrected chi connectivity index (χ2v) is 7.41. The third-order valence-corrected chi connectivity index (χ3v) is 5.65. The van der Waals surface area contributed by atoms with Gasteiger partial charge in [-0.15, -0.1) is 0 Å². The first-order chi connectivity index (χ1) is 10.5. The van der Waals surface area contributed by atoms with Crippen molar-refractivity contribution in [1.82, 2.24) is 14.5 Å². The van der Waals surface area contributed by atoms with Gasteiger partial charge in [0.05, 0.1) is 4.90 Å². The molecule has 22 heavy (non-hydrogen) atoms. The topological polar surface area (TPSA) is 69.7 Å². The molecule has 1 fully saturated rings. The number of carbonyl (C=O) groups is 1. The third kappa shape index (κ3) is 4.53. The molecule has 0 unspecified atom stereocenters. The summed E-state index contributed by atoms with van der Waals surface area (Å²) < 4.78 is 26.8. The Bertz CT molecular complexity index is 589. The van der Waals surface area contributed by atoms with Crippen LogP contribution in [0.3, 0.4) is 0 Å². The van der Waals surface area contributed by atoms with Crippen LogP contribution in [0.1, 0.15) is 12.8 Å². The average molecular weight is 325 g/mol. The van der Waals surface area contributed by atoms with E-state index in [4.69, 9.17) is 0 Å². The van der Waals surface area contributed by atoms with E-state index in [0.717, 1.165) is 19.5 Å². The van der Waals surface area contributed by atoms with E-state index in [1.54, 1.807) is 30.3 Å². The van der Waals surface area contributed by atoms with Crippen molar-refractivity contribution in [2.45, 2.75) is 17.7 Å². The average Bonchev–Trinajstić information content (AvgIpc) is 2.54. The molecule has 0 spiro atoms. The van der Waals surface area contributed by atoms with Crippen LogP contribution >= 0.6 is 0 Å². The Morgan fingerprint density at radius 3 is 2.50 bits per heavy atom. The molecule has 1 aliphatic rings. The predicted molar refractivity (Wildman–Crippen MR) is 84.9 cm³/mol. The maximum atomic E-state index is 12.7. The van der Waals surface area contributed by atoms with Gasteiger partial charge in [0.15, 0.2) is 0 Å². The number of carbonyl (C=O) groups excluding carboxylic acids is 1. The molecule has 0 bridgehead atoms. The molecule has 1 aliphatic heterocycles. The summed E-state index contributed by atoms with van der Waals surface area (Å²) in [6, 6.07) is 8.38. The molecule has 2 rings (SSSR count). The van der Waals surface area contributed by atoms with Gasteiger partial charge in [0.25, 0.3) is 0 Å². The lowest BCUT2D eigenvalue weighted by atomic mass is 10.3. The van der Waals surface area contributed by atoms with E-state index < -0.39 is 10.0 Å². The number of sulfonamides is 1. The van der Waals surface area contributed by atoms with Crippen molar-refractivity contribution >= 4 is 15.9 Å². The monoisotopic (exact) mass is 325 g/mol. The number of amides is 1. The van der Waals surface area contributed by atoms with Gasteiger partial charge in [-0.1, -0.05) is 18.2 Å². The zero-order valence-electron chi connectivity index (χ0n) is 12.9. The number of nitrogens with one attached hydrogen (secondary N) is 1. The minimum absolute atomic E-state index is 0.108. The lowest BCUT2D eigenvalue weighted by Crippen LogP contribution is -2.36. The standard InChI is InChI=1S/C15H23N3O3S/c1-17-10-5-11-18(12-8-15(19)16-9-13-17)22(20,21)14-6-3-2-4-7-14/h2-4,6-7H,5,8-13H2,1H3,(H,16,19). The predicted octanol–water partition coefficient (Wildman–Crippen LogP) is 0.519. The number of nitrogens with zero attached hydrogens (tertiary/aromatic N) is 2. The van der Waals surface area contributed by atoms with Crippen LogP contribution in [-0.4, -0.2) is 63.3 Å². The van der Waals surface area contributed by atoms with Crippen molar-refractivity contribution in [1.29, 1.82) is 0 Å². The number of benzene rings is 1. The molecule has 7 heteroatoms. The van der Waals surface area contributed by atoms with Crippen LogP contribution in [0.2, 0.25) is 0 Å². The van der Waals surface area contributed by atoms with Gasteiger partial charge in [-0.05, 0) is 32.1 Å². The van der Waals surface area contributed by atoms with Gasteiger partial charge in [0, 0.05) is 32.6 Å². The van der Waals surface area contributed by atoms with Crippen molar-refractivity contribution < 1.29 is 13.2 Å². The molecule has 1 amide bonds. The number of hydrogen-bond donors (Lipinski definition) is 1. The zero-order chi connectivity index (χ0) is 16.0. The summed E-state index contributed by atoms with van der Waals surface area (Å²) in [6.07, 6.45) is 0.937. The summed E-state index contributed by atoms with van der Waals surface area (Å²) in [5.74, 6) is -0.108. The number of hydrogen-bond acceptors (Lipinski definition) is 4. The highest BCUT2D eigenvalue weighted by Crippen LogP contribution is 2.16. The Morgan fingerprint density at radius 1 is 1.05 bits per heavy atom. The van der Waals surface area contributed by atoms with Crippen LogP contribution in [-0.2, 0) is 14.8 Å². The van der Waals surface area contributed by atoms with Crippen molar-refractivity contribution in [3.63, 3.8) is 0 Å². The smallest absolute Gasteiger partial charge is 0.243 e. The molecule has 1 aromatic rings. The molecule has 0 radical (unpaired) electrons. The van der Waals surface area contributed by atoms with Gasteiger partial charge in [-0.2, -0.15) is 4.31 Å². The second-order valence-electron chi connectivity index (χ2n) is 5.47. The fourth-order valence-electron chi connectivity index (χ4n) is 2.42. The highest BCUT2D eigenvalue weighted by molar-refractivity contribution is 7.89. The first-order valence-corrected chi connectivity index (χ1v) is 8.94. The van der Waals surface area contributed by atoms with Crippen molar-refractivity contribution in [2.24, 2.45) is 0 Å². The van der Waals surface area contributed by atoms with Crippen LogP contribution in [0.5, 0.6) is 0 Å². The van der Waals surface area contributed by atoms with Crippen LogP contribution < -0.4 is 5.32 Å². The van der Waals surface area contributed by atoms with Gasteiger partial charge in [0.1, 0.15) is 0 Å². The summed E-state index contributed by atoms with van der Waals surface area (Å²) in [6.45, 7) is 2.82. The first-order valence-electron chi connectivity index (χ1n) is 7.50. The van der Waals surface area contributed by atoms with Gasteiger partial charge < -0.3 is 10.2 Å². The van der Waals surface area contributed by atoms with Crippen molar-refractivity contribution in [3.05, 3.63) is 30.3 Å². The Morgan fingerprint density at radius 2 is 1.77 bits per heavy atom. The normalized spacial score (nSPS) is 20.1. The lowest BCUT2D eigenvalue weighted by molar-refractivity contribution is -0.121. The summed E-state index contributed by atoms with van der Waals surface area (Å²) >= 11 is 0. The molecule has 1 N–H and O–H groups in total. The van der Waals surface area contributed by atoms with Gasteiger partial charge in [-0.3, -0.25) is 4.79 Å². The Kier molecular flexibility index (Phi) is 5.93. The maximum absolute atomic E-state index is 12.7. The Hall–Kier alpha value is -1.44. The molecule has 0 aromatic heterocycles. The number of rotatable bonds is 2. The lowest BCUT2D eigenvalue weighted by Gasteiger charge is -2.22. The molecular weight excluding hydrogens is 302 g/mol. The van der Waals surface area contributed by atoms with Crippen LogP contribution in [0, 0.1) is 0 Å². The molecule has 0 aliphatic carbocycles. The molecule has 122 valence electrons.